The Morgan fingerprint density at radius 1 is 0.775 bits per heavy atom. The SMILES string of the molecule is CC12CCC(C(=O)NCCN(C(=O)C34CCC(C)(C(=O)O3)C4(C)C)c3cccc4ccccc34)(OC1=O)C2(C)C. The molecule has 4 bridgehead atoms. The van der Waals surface area contributed by atoms with E-state index in [0.29, 0.717) is 31.4 Å². The van der Waals surface area contributed by atoms with Crippen LogP contribution in [-0.4, -0.2) is 48.0 Å². The van der Waals surface area contributed by atoms with Crippen LogP contribution in [0.1, 0.15) is 67.2 Å². The maximum absolute atomic E-state index is 14.6. The monoisotopic (exact) mass is 546 g/mol. The van der Waals surface area contributed by atoms with Gasteiger partial charge in [-0.15, -0.1) is 0 Å². The summed E-state index contributed by atoms with van der Waals surface area (Å²) in [5, 5.41) is 4.85. The largest absolute Gasteiger partial charge is 0.448 e. The molecule has 1 N–H and O–H groups in total. The number of ether oxygens (including phenoxy) is 2. The van der Waals surface area contributed by atoms with E-state index in [9.17, 15) is 19.2 Å². The molecule has 4 unspecified atom stereocenters. The van der Waals surface area contributed by atoms with Gasteiger partial charge in [0.1, 0.15) is 0 Å². The van der Waals surface area contributed by atoms with Crippen molar-refractivity contribution in [3.8, 4) is 0 Å². The number of fused-ring (bicyclic) bond motifs is 5. The molecule has 0 radical (unpaired) electrons. The van der Waals surface area contributed by atoms with Crippen LogP contribution >= 0.6 is 0 Å². The van der Waals surface area contributed by atoms with Crippen molar-refractivity contribution in [3.63, 3.8) is 0 Å². The molecule has 2 aliphatic carbocycles. The maximum atomic E-state index is 14.6. The van der Waals surface area contributed by atoms with E-state index >= 15 is 0 Å². The van der Waals surface area contributed by atoms with Gasteiger partial charge >= 0.3 is 11.9 Å². The van der Waals surface area contributed by atoms with Crippen LogP contribution in [0.15, 0.2) is 42.5 Å². The van der Waals surface area contributed by atoms with Gasteiger partial charge in [-0.1, -0.05) is 64.1 Å². The summed E-state index contributed by atoms with van der Waals surface area (Å²) >= 11 is 0. The highest BCUT2D eigenvalue weighted by molar-refractivity contribution is 6.09. The first-order valence-corrected chi connectivity index (χ1v) is 14.2. The van der Waals surface area contributed by atoms with Gasteiger partial charge in [-0.3, -0.25) is 19.2 Å². The zero-order valence-electron chi connectivity index (χ0n) is 24.2. The zero-order valence-corrected chi connectivity index (χ0v) is 24.2. The van der Waals surface area contributed by atoms with Crippen molar-refractivity contribution < 1.29 is 28.7 Å². The second kappa shape index (κ2) is 8.08. The number of carbonyl (C=O) groups is 4. The molecule has 4 atom stereocenters. The Balaban J connectivity index is 1.33. The number of nitrogens with one attached hydrogen (secondary N) is 1. The molecule has 2 aromatic carbocycles. The third kappa shape index (κ3) is 2.92. The minimum Gasteiger partial charge on any atom is -0.448 e. The van der Waals surface area contributed by atoms with Gasteiger partial charge in [-0.25, -0.2) is 0 Å². The molecule has 4 fully saturated rings. The number of benzene rings is 2. The van der Waals surface area contributed by atoms with E-state index in [-0.39, 0.29) is 36.8 Å². The maximum Gasteiger partial charge on any atom is 0.313 e. The second-order valence-corrected chi connectivity index (χ2v) is 13.6. The molecule has 8 heteroatoms. The first kappa shape index (κ1) is 26.8. The highest BCUT2D eigenvalue weighted by atomic mass is 16.6. The van der Waals surface area contributed by atoms with Crippen molar-refractivity contribution in [2.75, 3.05) is 18.0 Å². The second-order valence-electron chi connectivity index (χ2n) is 13.6. The summed E-state index contributed by atoms with van der Waals surface area (Å²) in [6.45, 7) is 11.8. The number of rotatable bonds is 6. The minimum atomic E-state index is -1.30. The number of nitrogens with zero attached hydrogens (tertiary/aromatic N) is 1. The molecule has 2 heterocycles. The number of hydrogen-bond acceptors (Lipinski definition) is 6. The van der Waals surface area contributed by atoms with Gasteiger partial charge < -0.3 is 19.7 Å². The summed E-state index contributed by atoms with van der Waals surface area (Å²) in [6.07, 6.45) is 2.08. The first-order chi connectivity index (χ1) is 18.7. The normalized spacial score (nSPS) is 34.5. The van der Waals surface area contributed by atoms with Gasteiger partial charge in [0.2, 0.25) is 0 Å². The topological polar surface area (TPSA) is 102 Å². The Bertz CT molecular complexity index is 1480. The predicted octanol–water partition coefficient (Wildman–Crippen LogP) is 4.53. The van der Waals surface area contributed by atoms with Gasteiger partial charge in [0.05, 0.1) is 16.5 Å². The fourth-order valence-electron chi connectivity index (χ4n) is 7.89. The van der Waals surface area contributed by atoms with Crippen LogP contribution < -0.4 is 10.2 Å². The molecule has 2 aromatic rings. The van der Waals surface area contributed by atoms with Crippen LogP contribution in [0.2, 0.25) is 0 Å². The molecule has 8 nitrogen and oxygen atoms in total. The molecular formula is C32H38N2O6. The summed E-state index contributed by atoms with van der Waals surface area (Å²) in [7, 11) is 0. The van der Waals surface area contributed by atoms with Crippen molar-refractivity contribution in [3.05, 3.63) is 42.5 Å². The van der Waals surface area contributed by atoms with Crippen molar-refractivity contribution in [1.29, 1.82) is 0 Å². The van der Waals surface area contributed by atoms with Gasteiger partial charge in [-0.2, -0.15) is 0 Å². The van der Waals surface area contributed by atoms with E-state index in [1.54, 1.807) is 4.90 Å². The summed E-state index contributed by atoms with van der Waals surface area (Å²) in [5.74, 6) is -1.29. The van der Waals surface area contributed by atoms with E-state index in [4.69, 9.17) is 9.47 Å². The molecule has 40 heavy (non-hydrogen) atoms. The molecule has 0 spiro atoms. The number of hydrogen-bond donors (Lipinski definition) is 1. The molecule has 212 valence electrons. The lowest BCUT2D eigenvalue weighted by Gasteiger charge is -2.39. The standard InChI is InChI=1S/C32H38N2O6/c1-27(2)29(5)14-16-31(27,39-25(29)37)23(35)33-18-19-34(22-13-9-11-20-10-7-8-12-21(20)22)24(36)32-17-15-30(6,26(38)40-32)28(32,3)4/h7-13H,14-19H2,1-6H3,(H,33,35). The van der Waals surface area contributed by atoms with Crippen molar-refractivity contribution in [2.24, 2.45) is 21.7 Å². The fraction of sp³-hybridized carbons (Fsp3) is 0.562. The van der Waals surface area contributed by atoms with E-state index < -0.39 is 32.9 Å². The lowest BCUT2D eigenvalue weighted by atomic mass is 9.66. The summed E-state index contributed by atoms with van der Waals surface area (Å²) < 4.78 is 11.7. The molecule has 6 rings (SSSR count). The molecule has 2 aliphatic heterocycles. The third-order valence-corrected chi connectivity index (χ3v) is 11.8. The fourth-order valence-corrected chi connectivity index (χ4v) is 7.89. The van der Waals surface area contributed by atoms with E-state index in [2.05, 4.69) is 5.32 Å². The Kier molecular flexibility index (Phi) is 5.41. The first-order valence-electron chi connectivity index (χ1n) is 14.2. The van der Waals surface area contributed by atoms with E-state index in [1.807, 2.05) is 84.0 Å². The minimum absolute atomic E-state index is 0.140. The van der Waals surface area contributed by atoms with Crippen LogP contribution in [0.3, 0.4) is 0 Å². The summed E-state index contributed by atoms with van der Waals surface area (Å²) in [5.41, 5.74) is -4.67. The molecule has 2 amide bonds. The Hall–Kier alpha value is -3.42. The van der Waals surface area contributed by atoms with Gasteiger partial charge in [0, 0.05) is 29.3 Å². The van der Waals surface area contributed by atoms with Crippen molar-refractivity contribution >= 4 is 40.2 Å². The van der Waals surface area contributed by atoms with Gasteiger partial charge in [0.25, 0.3) is 11.8 Å². The lowest BCUT2D eigenvalue weighted by Crippen LogP contribution is -2.57. The van der Waals surface area contributed by atoms with E-state index in [1.165, 1.54) is 0 Å². The smallest absolute Gasteiger partial charge is 0.313 e. The Morgan fingerprint density at radius 2 is 1.32 bits per heavy atom. The molecule has 2 saturated carbocycles. The Morgan fingerprint density at radius 3 is 1.90 bits per heavy atom. The quantitative estimate of drug-likeness (QED) is 0.534. The van der Waals surface area contributed by atoms with Gasteiger partial charge in [0.15, 0.2) is 11.2 Å². The zero-order chi connectivity index (χ0) is 28.9. The molecule has 0 aromatic heterocycles. The number of carbonyl (C=O) groups excluding carboxylic acids is 4. The summed E-state index contributed by atoms with van der Waals surface area (Å²) in [6, 6.07) is 13.6. The Labute approximate surface area is 234 Å². The van der Waals surface area contributed by atoms with Crippen LogP contribution in [0, 0.1) is 21.7 Å². The van der Waals surface area contributed by atoms with Crippen molar-refractivity contribution in [1.82, 2.24) is 5.32 Å². The summed E-state index contributed by atoms with van der Waals surface area (Å²) in [4.78, 5) is 55.6. The average molecular weight is 547 g/mol. The predicted molar refractivity (Wildman–Crippen MR) is 149 cm³/mol. The number of amides is 2. The van der Waals surface area contributed by atoms with Crippen LogP contribution in [0.25, 0.3) is 10.8 Å². The van der Waals surface area contributed by atoms with Crippen molar-refractivity contribution in [2.45, 2.75) is 78.4 Å². The average Bonchev–Trinajstić information content (AvgIpc) is 3.38. The van der Waals surface area contributed by atoms with Gasteiger partial charge in [-0.05, 0) is 51.0 Å². The highest BCUT2D eigenvalue weighted by Crippen LogP contribution is 2.67. The van der Waals surface area contributed by atoms with Crippen LogP contribution in [0.5, 0.6) is 0 Å². The highest BCUT2D eigenvalue weighted by Gasteiger charge is 2.77. The molecule has 2 saturated heterocycles. The third-order valence-electron chi connectivity index (χ3n) is 11.8. The number of esters is 2. The van der Waals surface area contributed by atoms with Crippen LogP contribution in [-0.2, 0) is 28.7 Å². The molecular weight excluding hydrogens is 508 g/mol. The molecule has 4 aliphatic rings. The van der Waals surface area contributed by atoms with Crippen LogP contribution in [0.4, 0.5) is 5.69 Å². The number of anilines is 1. The lowest BCUT2D eigenvalue weighted by molar-refractivity contribution is -0.168. The van der Waals surface area contributed by atoms with E-state index in [0.717, 1.165) is 10.8 Å².